The first-order chi connectivity index (χ1) is 13.3. The predicted octanol–water partition coefficient (Wildman–Crippen LogP) is 3.68. The Balaban J connectivity index is 1.90. The summed E-state index contributed by atoms with van der Waals surface area (Å²) < 4.78 is 46.5. The molecule has 9 heteroatoms. The highest BCUT2D eigenvalue weighted by atomic mass is 19.4. The van der Waals surface area contributed by atoms with Crippen molar-refractivity contribution in [2.45, 2.75) is 31.5 Å². The highest BCUT2D eigenvalue weighted by Gasteiger charge is 2.46. The molecule has 28 heavy (non-hydrogen) atoms. The molecule has 1 saturated carbocycles. The second-order valence-corrected chi connectivity index (χ2v) is 7.27. The molecule has 1 aliphatic heterocycles. The van der Waals surface area contributed by atoms with Crippen LogP contribution < -0.4 is 10.9 Å². The molecule has 5 rings (SSSR count). The highest BCUT2D eigenvalue weighted by Crippen LogP contribution is 2.46. The third kappa shape index (κ3) is 2.31. The van der Waals surface area contributed by atoms with Crippen molar-refractivity contribution in [2.24, 2.45) is 5.92 Å². The number of oxazole rings is 1. The summed E-state index contributed by atoms with van der Waals surface area (Å²) in [5, 5.41) is 3.58. The molecule has 0 aromatic carbocycles. The van der Waals surface area contributed by atoms with Gasteiger partial charge < -0.3 is 9.73 Å². The Hall–Kier alpha value is -3.10. The number of nitrogens with one attached hydrogen (secondary N) is 1. The van der Waals surface area contributed by atoms with E-state index in [4.69, 9.17) is 4.42 Å². The first-order valence-corrected chi connectivity index (χ1v) is 8.82. The van der Waals surface area contributed by atoms with Crippen LogP contribution in [0.4, 0.5) is 13.2 Å². The Morgan fingerprint density at radius 3 is 2.82 bits per heavy atom. The van der Waals surface area contributed by atoms with E-state index in [1.165, 1.54) is 10.6 Å². The van der Waals surface area contributed by atoms with E-state index in [1.54, 1.807) is 18.4 Å². The van der Waals surface area contributed by atoms with Crippen LogP contribution in [-0.4, -0.2) is 20.1 Å². The van der Waals surface area contributed by atoms with Gasteiger partial charge >= 0.3 is 6.18 Å². The second-order valence-electron chi connectivity index (χ2n) is 7.27. The van der Waals surface area contributed by atoms with Crippen LogP contribution in [0.5, 0.6) is 0 Å². The minimum atomic E-state index is -4.63. The summed E-state index contributed by atoms with van der Waals surface area (Å²) in [4.78, 5) is 21.0. The lowest BCUT2D eigenvalue weighted by Crippen LogP contribution is -2.47. The van der Waals surface area contributed by atoms with Gasteiger partial charge in [0.25, 0.3) is 5.56 Å². The van der Waals surface area contributed by atoms with Crippen LogP contribution in [0.15, 0.2) is 46.1 Å². The molecule has 1 fully saturated rings. The molecule has 144 valence electrons. The molecule has 3 aromatic heterocycles. The first kappa shape index (κ1) is 17.0. The number of dihydropyridines is 1. The standard InChI is InChI=1S/C19H15F3N4O2/c1-18(10-4-5-10)13(3-2-8-24-18)26-16-11(6-7-12(25-16)19(20,21)22)15-14(17(26)27)23-9-28-15/h2-3,6-10,24H,4-5H2,1H3. The Morgan fingerprint density at radius 2 is 2.11 bits per heavy atom. The number of allylic oxidation sites excluding steroid dienone is 2. The van der Waals surface area contributed by atoms with Gasteiger partial charge in [-0.15, -0.1) is 0 Å². The maximum Gasteiger partial charge on any atom is 0.433 e. The Labute approximate surface area is 156 Å². The van der Waals surface area contributed by atoms with Gasteiger partial charge in [-0.3, -0.25) is 9.36 Å². The SMILES string of the molecule is CC1(C2CC2)NC=CC=C1n1c(=O)c2ncoc2c2ccc(C(F)(F)F)nc21. The Kier molecular flexibility index (Phi) is 3.32. The molecular weight excluding hydrogens is 373 g/mol. The Bertz CT molecular complexity index is 1230. The third-order valence-electron chi connectivity index (χ3n) is 5.50. The van der Waals surface area contributed by atoms with Crippen LogP contribution in [0.3, 0.4) is 0 Å². The number of hydrogen-bond acceptors (Lipinski definition) is 5. The Morgan fingerprint density at radius 1 is 1.32 bits per heavy atom. The summed E-state index contributed by atoms with van der Waals surface area (Å²) in [6, 6.07) is 2.16. The van der Waals surface area contributed by atoms with Gasteiger partial charge in [0.1, 0.15) is 5.69 Å². The van der Waals surface area contributed by atoms with Crippen LogP contribution in [-0.2, 0) is 6.18 Å². The van der Waals surface area contributed by atoms with Gasteiger partial charge in [-0.1, -0.05) is 0 Å². The fourth-order valence-electron chi connectivity index (χ4n) is 3.87. The van der Waals surface area contributed by atoms with E-state index in [2.05, 4.69) is 15.3 Å². The van der Waals surface area contributed by atoms with E-state index in [0.717, 1.165) is 25.3 Å². The van der Waals surface area contributed by atoms with Gasteiger partial charge in [0.05, 0.1) is 16.6 Å². The van der Waals surface area contributed by atoms with Crippen molar-refractivity contribution in [2.75, 3.05) is 0 Å². The van der Waals surface area contributed by atoms with Gasteiger partial charge in [0, 0.05) is 0 Å². The minimum Gasteiger partial charge on any atom is -0.442 e. The summed E-state index contributed by atoms with van der Waals surface area (Å²) in [6.07, 6.45) is 3.65. The zero-order valence-corrected chi connectivity index (χ0v) is 14.7. The smallest absolute Gasteiger partial charge is 0.433 e. The van der Waals surface area contributed by atoms with Crippen molar-refractivity contribution >= 4 is 27.8 Å². The summed E-state index contributed by atoms with van der Waals surface area (Å²) >= 11 is 0. The quantitative estimate of drug-likeness (QED) is 0.725. The molecule has 0 saturated heterocycles. The van der Waals surface area contributed by atoms with Gasteiger partial charge in [-0.2, -0.15) is 13.2 Å². The number of hydrogen-bond donors (Lipinski definition) is 1. The van der Waals surface area contributed by atoms with Gasteiger partial charge in [-0.05, 0) is 56.2 Å². The fourth-order valence-corrected chi connectivity index (χ4v) is 3.87. The van der Waals surface area contributed by atoms with Gasteiger partial charge in [-0.25, -0.2) is 9.97 Å². The van der Waals surface area contributed by atoms with Crippen molar-refractivity contribution in [3.8, 4) is 0 Å². The predicted molar refractivity (Wildman–Crippen MR) is 96.2 cm³/mol. The lowest BCUT2D eigenvalue weighted by molar-refractivity contribution is -0.141. The molecule has 1 atom stereocenters. The molecule has 3 aromatic rings. The summed E-state index contributed by atoms with van der Waals surface area (Å²) in [7, 11) is 0. The zero-order chi connectivity index (χ0) is 19.7. The molecule has 6 nitrogen and oxygen atoms in total. The van der Waals surface area contributed by atoms with E-state index in [9.17, 15) is 18.0 Å². The molecule has 0 radical (unpaired) electrons. The van der Waals surface area contributed by atoms with Crippen LogP contribution in [0.25, 0.3) is 27.8 Å². The first-order valence-electron chi connectivity index (χ1n) is 8.82. The molecule has 1 N–H and O–H groups in total. The topological polar surface area (TPSA) is 73.0 Å². The molecule has 0 bridgehead atoms. The van der Waals surface area contributed by atoms with E-state index >= 15 is 0 Å². The number of alkyl halides is 3. The van der Waals surface area contributed by atoms with Crippen molar-refractivity contribution < 1.29 is 17.6 Å². The minimum absolute atomic E-state index is 0.0580. The zero-order valence-electron chi connectivity index (χ0n) is 14.7. The van der Waals surface area contributed by atoms with Crippen LogP contribution >= 0.6 is 0 Å². The normalized spacial score (nSPS) is 22.5. The fraction of sp³-hybridized carbons (Fsp3) is 0.316. The van der Waals surface area contributed by atoms with Crippen LogP contribution in [0, 0.1) is 5.92 Å². The van der Waals surface area contributed by atoms with Crippen molar-refractivity contribution in [1.82, 2.24) is 19.9 Å². The summed E-state index contributed by atoms with van der Waals surface area (Å²) in [6.45, 7) is 1.94. The average molecular weight is 388 g/mol. The molecular formula is C19H15F3N4O2. The van der Waals surface area contributed by atoms with Crippen molar-refractivity contribution in [3.05, 3.63) is 52.9 Å². The molecule has 0 spiro atoms. The number of fused-ring (bicyclic) bond motifs is 3. The lowest BCUT2D eigenvalue weighted by atomic mass is 9.89. The second kappa shape index (κ2) is 5.46. The number of nitrogens with zero attached hydrogens (tertiary/aromatic N) is 3. The van der Waals surface area contributed by atoms with Crippen molar-refractivity contribution in [1.29, 1.82) is 0 Å². The van der Waals surface area contributed by atoms with Crippen LogP contribution in [0.1, 0.15) is 25.5 Å². The van der Waals surface area contributed by atoms with Gasteiger partial charge in [0.2, 0.25) is 0 Å². The van der Waals surface area contributed by atoms with E-state index in [0.29, 0.717) is 11.1 Å². The average Bonchev–Trinajstić information content (AvgIpc) is 3.40. The maximum absolute atomic E-state index is 13.3. The molecule has 4 heterocycles. The number of rotatable bonds is 2. The number of pyridine rings is 2. The van der Waals surface area contributed by atoms with E-state index < -0.39 is 23.0 Å². The lowest BCUT2D eigenvalue weighted by Gasteiger charge is -2.36. The number of aromatic nitrogens is 3. The molecule has 1 unspecified atom stereocenters. The van der Waals surface area contributed by atoms with E-state index in [-0.39, 0.29) is 22.7 Å². The summed E-state index contributed by atoms with van der Waals surface area (Å²) in [5.74, 6) is 0.268. The highest BCUT2D eigenvalue weighted by molar-refractivity contribution is 6.00. The van der Waals surface area contributed by atoms with Crippen molar-refractivity contribution in [3.63, 3.8) is 0 Å². The molecule has 1 aliphatic carbocycles. The monoisotopic (exact) mass is 388 g/mol. The number of halogens is 3. The van der Waals surface area contributed by atoms with Gasteiger partial charge in [0.15, 0.2) is 23.1 Å². The summed E-state index contributed by atoms with van der Waals surface area (Å²) in [5.41, 5.74) is -1.59. The maximum atomic E-state index is 13.3. The van der Waals surface area contributed by atoms with E-state index in [1.807, 2.05) is 6.92 Å². The molecule has 2 aliphatic rings. The third-order valence-corrected chi connectivity index (χ3v) is 5.50. The molecule has 0 amide bonds. The van der Waals surface area contributed by atoms with Crippen LogP contribution in [0.2, 0.25) is 0 Å². The largest absolute Gasteiger partial charge is 0.442 e.